The first-order chi connectivity index (χ1) is 9.56. The molecule has 2 N–H and O–H groups in total. The Kier molecular flexibility index (Phi) is 5.08. The lowest BCUT2D eigenvalue weighted by molar-refractivity contribution is -0.384. The molecule has 0 aliphatic carbocycles. The van der Waals surface area contributed by atoms with Crippen LogP contribution in [-0.2, 0) is 11.2 Å². The van der Waals surface area contributed by atoms with E-state index in [-0.39, 0.29) is 24.1 Å². The molecule has 1 aromatic carbocycles. The molecule has 7 heteroatoms. The van der Waals surface area contributed by atoms with Gasteiger partial charge in [-0.2, -0.15) is 0 Å². The van der Waals surface area contributed by atoms with Crippen LogP contribution < -0.4 is 10.6 Å². The van der Waals surface area contributed by atoms with Crippen molar-refractivity contribution in [2.45, 2.75) is 25.3 Å². The molecule has 6 nitrogen and oxygen atoms in total. The molecule has 1 heterocycles. The Balaban J connectivity index is 1.95. The fraction of sp³-hybridized carbons (Fsp3) is 0.462. The van der Waals surface area contributed by atoms with Gasteiger partial charge in [0, 0.05) is 29.2 Å². The van der Waals surface area contributed by atoms with Crippen LogP contribution in [0.4, 0.5) is 5.69 Å². The van der Waals surface area contributed by atoms with E-state index in [1.54, 1.807) is 6.07 Å². The second kappa shape index (κ2) is 6.81. The van der Waals surface area contributed by atoms with Crippen LogP contribution in [-0.4, -0.2) is 30.0 Å². The van der Waals surface area contributed by atoms with E-state index in [1.807, 2.05) is 0 Å². The average Bonchev–Trinajstić information content (AvgIpc) is 2.42. The van der Waals surface area contributed by atoms with Crippen molar-refractivity contribution < 1.29 is 9.72 Å². The van der Waals surface area contributed by atoms with Crippen LogP contribution in [0.5, 0.6) is 0 Å². The highest BCUT2D eigenvalue weighted by Crippen LogP contribution is 2.23. The van der Waals surface area contributed by atoms with Crippen molar-refractivity contribution in [2.24, 2.45) is 0 Å². The van der Waals surface area contributed by atoms with Gasteiger partial charge in [-0.05, 0) is 24.9 Å². The Morgan fingerprint density at radius 1 is 1.55 bits per heavy atom. The number of nitrogens with zero attached hydrogens (tertiary/aromatic N) is 1. The first-order valence-electron chi connectivity index (χ1n) is 6.49. The predicted molar refractivity (Wildman–Crippen MR) is 78.5 cm³/mol. The number of nitro groups is 1. The van der Waals surface area contributed by atoms with Crippen molar-refractivity contribution in [1.29, 1.82) is 0 Å². The number of benzene rings is 1. The summed E-state index contributed by atoms with van der Waals surface area (Å²) >= 11 is 3.27. The summed E-state index contributed by atoms with van der Waals surface area (Å²) in [6, 6.07) is 4.62. The molecule has 0 radical (unpaired) electrons. The Morgan fingerprint density at radius 3 is 2.95 bits per heavy atom. The zero-order chi connectivity index (χ0) is 14.5. The molecule has 0 saturated carbocycles. The molecule has 1 atom stereocenters. The maximum absolute atomic E-state index is 12.0. The third kappa shape index (κ3) is 4.01. The fourth-order valence-electron chi connectivity index (χ4n) is 2.22. The van der Waals surface area contributed by atoms with Crippen LogP contribution >= 0.6 is 15.9 Å². The lowest BCUT2D eigenvalue weighted by Gasteiger charge is -2.23. The lowest BCUT2D eigenvalue weighted by atomic mass is 10.1. The minimum Gasteiger partial charge on any atom is -0.352 e. The number of nitro benzene ring substituents is 1. The summed E-state index contributed by atoms with van der Waals surface area (Å²) in [4.78, 5) is 22.1. The van der Waals surface area contributed by atoms with Crippen LogP contribution in [0.3, 0.4) is 0 Å². The Bertz CT molecular complexity index is 516. The van der Waals surface area contributed by atoms with Crippen molar-refractivity contribution in [3.8, 4) is 0 Å². The topological polar surface area (TPSA) is 84.3 Å². The fourth-order valence-corrected chi connectivity index (χ4v) is 2.73. The highest BCUT2D eigenvalue weighted by atomic mass is 79.9. The molecule has 1 unspecified atom stereocenters. The van der Waals surface area contributed by atoms with Gasteiger partial charge in [0.1, 0.15) is 0 Å². The number of non-ortho nitro benzene ring substituents is 1. The minimum atomic E-state index is -0.456. The molecule has 0 spiro atoms. The summed E-state index contributed by atoms with van der Waals surface area (Å²) in [6.45, 7) is 1.80. The van der Waals surface area contributed by atoms with E-state index in [4.69, 9.17) is 0 Å². The predicted octanol–water partition coefficient (Wildman–Crippen LogP) is 1.77. The third-order valence-corrected chi connectivity index (χ3v) is 4.00. The minimum absolute atomic E-state index is 0.0116. The van der Waals surface area contributed by atoms with Gasteiger partial charge in [-0.25, -0.2) is 0 Å². The monoisotopic (exact) mass is 341 g/mol. The van der Waals surface area contributed by atoms with Gasteiger partial charge in [0.15, 0.2) is 0 Å². The average molecular weight is 342 g/mol. The van der Waals surface area contributed by atoms with Crippen molar-refractivity contribution in [3.05, 3.63) is 38.3 Å². The van der Waals surface area contributed by atoms with Crippen molar-refractivity contribution in [1.82, 2.24) is 10.6 Å². The number of carbonyl (C=O) groups is 1. The van der Waals surface area contributed by atoms with Crippen LogP contribution in [0.25, 0.3) is 0 Å². The number of piperidine rings is 1. The standard InChI is InChI=1S/C13H16BrN3O3/c14-12-7-11(17(19)20)4-3-9(12)6-13(18)16-10-2-1-5-15-8-10/h3-4,7,10,15H,1-2,5-6,8H2,(H,16,18). The first kappa shape index (κ1) is 14.9. The van der Waals surface area contributed by atoms with Crippen LogP contribution in [0, 0.1) is 10.1 Å². The number of nitrogens with one attached hydrogen (secondary N) is 2. The number of carbonyl (C=O) groups excluding carboxylic acids is 1. The number of hydrogen-bond acceptors (Lipinski definition) is 4. The number of halogens is 1. The van der Waals surface area contributed by atoms with Crippen LogP contribution in [0.15, 0.2) is 22.7 Å². The van der Waals surface area contributed by atoms with Crippen LogP contribution in [0.2, 0.25) is 0 Å². The van der Waals surface area contributed by atoms with Crippen LogP contribution in [0.1, 0.15) is 18.4 Å². The Hall–Kier alpha value is -1.47. The van der Waals surface area contributed by atoms with E-state index in [1.165, 1.54) is 12.1 Å². The van der Waals surface area contributed by atoms with Gasteiger partial charge in [-0.15, -0.1) is 0 Å². The van der Waals surface area contributed by atoms with E-state index >= 15 is 0 Å². The molecule has 1 aromatic rings. The zero-order valence-electron chi connectivity index (χ0n) is 10.9. The summed E-state index contributed by atoms with van der Waals surface area (Å²) in [6.07, 6.45) is 2.27. The lowest BCUT2D eigenvalue weighted by Crippen LogP contribution is -2.46. The summed E-state index contributed by atoms with van der Waals surface area (Å²) in [7, 11) is 0. The molecule has 2 rings (SSSR count). The summed E-state index contributed by atoms with van der Waals surface area (Å²) in [5.74, 6) is -0.0618. The largest absolute Gasteiger partial charge is 0.352 e. The smallest absolute Gasteiger partial charge is 0.270 e. The van der Waals surface area contributed by atoms with Gasteiger partial charge in [0.25, 0.3) is 5.69 Å². The summed E-state index contributed by atoms with van der Waals surface area (Å²) in [5.41, 5.74) is 0.759. The first-order valence-corrected chi connectivity index (χ1v) is 7.28. The molecule has 1 aliphatic rings. The van der Waals surface area contributed by atoms with Crippen molar-refractivity contribution in [2.75, 3.05) is 13.1 Å². The Labute approximate surface area is 125 Å². The molecule has 1 saturated heterocycles. The molecular formula is C13H16BrN3O3. The van der Waals surface area contributed by atoms with Crippen molar-refractivity contribution >= 4 is 27.5 Å². The van der Waals surface area contributed by atoms with Gasteiger partial charge >= 0.3 is 0 Å². The second-order valence-electron chi connectivity index (χ2n) is 4.82. The summed E-state index contributed by atoms with van der Waals surface area (Å²) in [5, 5.41) is 16.9. The highest BCUT2D eigenvalue weighted by Gasteiger charge is 2.17. The molecule has 108 valence electrons. The van der Waals surface area contributed by atoms with Gasteiger partial charge in [0.05, 0.1) is 11.3 Å². The van der Waals surface area contributed by atoms with E-state index < -0.39 is 4.92 Å². The zero-order valence-corrected chi connectivity index (χ0v) is 12.5. The third-order valence-electron chi connectivity index (χ3n) is 3.26. The van der Waals surface area contributed by atoms with Gasteiger partial charge < -0.3 is 10.6 Å². The van der Waals surface area contributed by atoms with Gasteiger partial charge in [0.2, 0.25) is 5.91 Å². The van der Waals surface area contributed by atoms with Crippen molar-refractivity contribution in [3.63, 3.8) is 0 Å². The maximum atomic E-state index is 12.0. The quantitative estimate of drug-likeness (QED) is 0.645. The van der Waals surface area contributed by atoms with Gasteiger partial charge in [-0.1, -0.05) is 22.0 Å². The van der Waals surface area contributed by atoms with Gasteiger partial charge in [-0.3, -0.25) is 14.9 Å². The number of amides is 1. The van der Waals surface area contributed by atoms with E-state index in [9.17, 15) is 14.9 Å². The SMILES string of the molecule is O=C(Cc1ccc([N+](=O)[O-])cc1Br)NC1CCCNC1. The molecular weight excluding hydrogens is 326 g/mol. The van der Waals surface area contributed by atoms with E-state index in [0.29, 0.717) is 4.47 Å². The molecule has 1 amide bonds. The number of rotatable bonds is 4. The molecule has 0 aromatic heterocycles. The maximum Gasteiger partial charge on any atom is 0.270 e. The van der Waals surface area contributed by atoms with E-state index in [0.717, 1.165) is 31.5 Å². The Morgan fingerprint density at radius 2 is 2.35 bits per heavy atom. The normalized spacial score (nSPS) is 18.6. The number of hydrogen-bond donors (Lipinski definition) is 2. The molecule has 0 bridgehead atoms. The molecule has 1 aliphatic heterocycles. The second-order valence-corrected chi connectivity index (χ2v) is 5.67. The summed E-state index contributed by atoms with van der Waals surface area (Å²) < 4.78 is 0.587. The molecule has 1 fully saturated rings. The molecule has 20 heavy (non-hydrogen) atoms. The highest BCUT2D eigenvalue weighted by molar-refractivity contribution is 9.10. The van der Waals surface area contributed by atoms with E-state index in [2.05, 4.69) is 26.6 Å².